The van der Waals surface area contributed by atoms with Crippen molar-refractivity contribution in [1.29, 1.82) is 0 Å². The standard InChI is InChI=1S/C23H18F2N4OS/c1-15-7-10-18(11-8-15)29-22(16-5-3-2-4-6-16)27-28-23(29)31-14-21(30)26-20-12-9-17(24)13-19(20)25/h2-13H,14H2,1H3,(H,26,30). The van der Waals surface area contributed by atoms with E-state index in [1.165, 1.54) is 17.8 Å². The number of anilines is 1. The number of thioether (sulfide) groups is 1. The fraction of sp³-hybridized carbons (Fsp3) is 0.0870. The lowest BCUT2D eigenvalue weighted by atomic mass is 10.2. The van der Waals surface area contributed by atoms with Crippen molar-refractivity contribution < 1.29 is 13.6 Å². The normalized spacial score (nSPS) is 10.8. The van der Waals surface area contributed by atoms with E-state index in [2.05, 4.69) is 15.5 Å². The van der Waals surface area contributed by atoms with E-state index >= 15 is 0 Å². The van der Waals surface area contributed by atoms with Crippen LogP contribution in [-0.2, 0) is 4.79 Å². The van der Waals surface area contributed by atoms with Crippen LogP contribution in [0.15, 0.2) is 78.0 Å². The zero-order valence-electron chi connectivity index (χ0n) is 16.5. The molecule has 0 bridgehead atoms. The molecule has 8 heteroatoms. The average Bonchev–Trinajstić information content (AvgIpc) is 3.19. The number of aromatic nitrogens is 3. The highest BCUT2D eigenvalue weighted by Crippen LogP contribution is 2.28. The Morgan fingerprint density at radius 3 is 2.45 bits per heavy atom. The van der Waals surface area contributed by atoms with Crippen LogP contribution in [0.25, 0.3) is 17.1 Å². The van der Waals surface area contributed by atoms with Gasteiger partial charge in [0, 0.05) is 17.3 Å². The number of halogens is 2. The first kappa shape index (κ1) is 20.7. The molecule has 1 aromatic heterocycles. The molecule has 4 aromatic rings. The maximum absolute atomic E-state index is 13.8. The highest BCUT2D eigenvalue weighted by Gasteiger charge is 2.17. The molecule has 0 radical (unpaired) electrons. The summed E-state index contributed by atoms with van der Waals surface area (Å²) in [6, 6.07) is 20.5. The van der Waals surface area contributed by atoms with Crippen molar-refractivity contribution in [1.82, 2.24) is 14.8 Å². The number of carbonyl (C=O) groups is 1. The molecule has 1 amide bonds. The molecule has 1 heterocycles. The summed E-state index contributed by atoms with van der Waals surface area (Å²) in [6.07, 6.45) is 0. The van der Waals surface area contributed by atoms with Gasteiger partial charge in [0.1, 0.15) is 11.6 Å². The van der Waals surface area contributed by atoms with Gasteiger partial charge in [0.2, 0.25) is 5.91 Å². The van der Waals surface area contributed by atoms with E-state index in [1.54, 1.807) is 0 Å². The number of aryl methyl sites for hydroxylation is 1. The highest BCUT2D eigenvalue weighted by molar-refractivity contribution is 7.99. The molecule has 0 saturated heterocycles. The first-order chi connectivity index (χ1) is 15.0. The lowest BCUT2D eigenvalue weighted by molar-refractivity contribution is -0.113. The van der Waals surface area contributed by atoms with E-state index in [4.69, 9.17) is 0 Å². The molecular weight excluding hydrogens is 418 g/mol. The monoisotopic (exact) mass is 436 g/mol. The minimum atomic E-state index is -0.826. The molecular formula is C23H18F2N4OS. The molecule has 31 heavy (non-hydrogen) atoms. The Hall–Kier alpha value is -3.52. The summed E-state index contributed by atoms with van der Waals surface area (Å²) in [6.45, 7) is 2.00. The second kappa shape index (κ2) is 9.09. The van der Waals surface area contributed by atoms with Crippen molar-refractivity contribution >= 4 is 23.4 Å². The lowest BCUT2D eigenvalue weighted by Gasteiger charge is -2.11. The summed E-state index contributed by atoms with van der Waals surface area (Å²) in [5.74, 6) is -1.33. The average molecular weight is 436 g/mol. The largest absolute Gasteiger partial charge is 0.323 e. The number of nitrogens with zero attached hydrogens (tertiary/aromatic N) is 3. The Bertz CT molecular complexity index is 1210. The molecule has 0 aliphatic heterocycles. The van der Waals surface area contributed by atoms with E-state index in [1.807, 2.05) is 66.1 Å². The number of hydrogen-bond donors (Lipinski definition) is 1. The maximum atomic E-state index is 13.8. The van der Waals surface area contributed by atoms with E-state index in [9.17, 15) is 13.6 Å². The van der Waals surface area contributed by atoms with Crippen LogP contribution in [-0.4, -0.2) is 26.4 Å². The predicted molar refractivity (Wildman–Crippen MR) is 117 cm³/mol. The molecule has 156 valence electrons. The van der Waals surface area contributed by atoms with Crippen LogP contribution in [0.2, 0.25) is 0 Å². The number of rotatable bonds is 6. The maximum Gasteiger partial charge on any atom is 0.234 e. The number of benzene rings is 3. The molecule has 0 aliphatic rings. The van der Waals surface area contributed by atoms with Crippen LogP contribution >= 0.6 is 11.8 Å². The summed E-state index contributed by atoms with van der Waals surface area (Å²) in [4.78, 5) is 12.3. The van der Waals surface area contributed by atoms with Gasteiger partial charge in [-0.05, 0) is 31.2 Å². The molecule has 0 saturated carbocycles. The van der Waals surface area contributed by atoms with Gasteiger partial charge in [-0.25, -0.2) is 8.78 Å². The molecule has 3 aromatic carbocycles. The molecule has 0 fully saturated rings. The van der Waals surface area contributed by atoms with Gasteiger partial charge in [-0.2, -0.15) is 0 Å². The molecule has 0 unspecified atom stereocenters. The first-order valence-electron chi connectivity index (χ1n) is 9.47. The van der Waals surface area contributed by atoms with Gasteiger partial charge in [0.15, 0.2) is 11.0 Å². The second-order valence-electron chi connectivity index (χ2n) is 6.80. The summed E-state index contributed by atoms with van der Waals surface area (Å²) in [7, 11) is 0. The van der Waals surface area contributed by atoms with E-state index < -0.39 is 17.5 Å². The zero-order chi connectivity index (χ0) is 21.8. The molecule has 0 atom stereocenters. The third-order valence-corrected chi connectivity index (χ3v) is 5.42. The number of hydrogen-bond acceptors (Lipinski definition) is 4. The van der Waals surface area contributed by atoms with Gasteiger partial charge in [-0.1, -0.05) is 59.8 Å². The molecule has 0 aliphatic carbocycles. The highest BCUT2D eigenvalue weighted by atomic mass is 32.2. The van der Waals surface area contributed by atoms with Gasteiger partial charge < -0.3 is 5.32 Å². The summed E-state index contributed by atoms with van der Waals surface area (Å²) < 4.78 is 28.7. The number of nitrogens with one attached hydrogen (secondary N) is 1. The molecule has 1 N–H and O–H groups in total. The zero-order valence-corrected chi connectivity index (χ0v) is 17.4. The minimum absolute atomic E-state index is 0.0183. The predicted octanol–water partition coefficient (Wildman–Crippen LogP) is 5.25. The van der Waals surface area contributed by atoms with Crippen LogP contribution in [0, 0.1) is 18.6 Å². The van der Waals surface area contributed by atoms with Gasteiger partial charge in [-0.15, -0.1) is 10.2 Å². The van der Waals surface area contributed by atoms with Crippen molar-refractivity contribution in [2.24, 2.45) is 0 Å². The lowest BCUT2D eigenvalue weighted by Crippen LogP contribution is -2.15. The minimum Gasteiger partial charge on any atom is -0.323 e. The summed E-state index contributed by atoms with van der Waals surface area (Å²) >= 11 is 1.18. The fourth-order valence-corrected chi connectivity index (χ4v) is 3.72. The van der Waals surface area contributed by atoms with Crippen molar-refractivity contribution in [3.8, 4) is 17.1 Å². The van der Waals surface area contributed by atoms with E-state index in [0.717, 1.165) is 28.9 Å². The SMILES string of the molecule is Cc1ccc(-n2c(SCC(=O)Nc3ccc(F)cc3F)nnc2-c2ccccc2)cc1. The Balaban J connectivity index is 1.58. The Kier molecular flexibility index (Phi) is 6.08. The Morgan fingerprint density at radius 1 is 1.00 bits per heavy atom. The smallest absolute Gasteiger partial charge is 0.234 e. The van der Waals surface area contributed by atoms with Crippen molar-refractivity contribution in [2.75, 3.05) is 11.1 Å². The van der Waals surface area contributed by atoms with Crippen LogP contribution in [0.1, 0.15) is 5.56 Å². The molecule has 0 spiro atoms. The molecule has 4 rings (SSSR count). The van der Waals surface area contributed by atoms with Gasteiger partial charge >= 0.3 is 0 Å². The molecule has 5 nitrogen and oxygen atoms in total. The first-order valence-corrected chi connectivity index (χ1v) is 10.5. The fourth-order valence-electron chi connectivity index (χ4n) is 2.97. The van der Waals surface area contributed by atoms with Gasteiger partial charge in [0.25, 0.3) is 0 Å². The third kappa shape index (κ3) is 4.80. The quantitative estimate of drug-likeness (QED) is 0.419. The van der Waals surface area contributed by atoms with Crippen molar-refractivity contribution in [3.05, 3.63) is 90.0 Å². The van der Waals surface area contributed by atoms with Crippen LogP contribution in [0.3, 0.4) is 0 Å². The van der Waals surface area contributed by atoms with Crippen LogP contribution < -0.4 is 5.32 Å². The van der Waals surface area contributed by atoms with Gasteiger partial charge in [-0.3, -0.25) is 9.36 Å². The summed E-state index contributed by atoms with van der Waals surface area (Å²) in [5.41, 5.74) is 2.80. The van der Waals surface area contributed by atoms with Crippen molar-refractivity contribution in [2.45, 2.75) is 12.1 Å². The Morgan fingerprint density at radius 2 is 1.74 bits per heavy atom. The Labute approximate surface area is 182 Å². The third-order valence-electron chi connectivity index (χ3n) is 4.50. The van der Waals surface area contributed by atoms with Crippen molar-refractivity contribution in [3.63, 3.8) is 0 Å². The van der Waals surface area contributed by atoms with E-state index in [0.29, 0.717) is 11.0 Å². The van der Waals surface area contributed by atoms with E-state index in [-0.39, 0.29) is 11.4 Å². The topological polar surface area (TPSA) is 59.8 Å². The number of carbonyl (C=O) groups excluding carboxylic acids is 1. The van der Waals surface area contributed by atoms with Gasteiger partial charge in [0.05, 0.1) is 11.4 Å². The summed E-state index contributed by atoms with van der Waals surface area (Å²) in [5, 5.41) is 11.6. The second-order valence-corrected chi connectivity index (χ2v) is 7.75. The van der Waals surface area contributed by atoms with Crippen LogP contribution in [0.4, 0.5) is 14.5 Å². The van der Waals surface area contributed by atoms with Crippen LogP contribution in [0.5, 0.6) is 0 Å². The number of amides is 1.